The molecule has 11 heterocycles. The first-order chi connectivity index (χ1) is 56.4. The summed E-state index contributed by atoms with van der Waals surface area (Å²) in [6.07, 6.45) is 13.5. The van der Waals surface area contributed by atoms with Crippen molar-refractivity contribution < 1.29 is 86.8 Å². The summed E-state index contributed by atoms with van der Waals surface area (Å²) >= 11 is 0. The molecule has 9 amide bonds. The van der Waals surface area contributed by atoms with Crippen molar-refractivity contribution in [2.24, 2.45) is 86.5 Å². The van der Waals surface area contributed by atoms with Gasteiger partial charge < -0.3 is 88.0 Å². The van der Waals surface area contributed by atoms with Crippen molar-refractivity contribution in [3.8, 4) is 5.75 Å². The molecule has 35 nitrogen and oxygen atoms in total. The molecule has 4 bridgehead atoms. The summed E-state index contributed by atoms with van der Waals surface area (Å²) in [6.45, 7) is 17.9. The minimum Gasteiger partial charge on any atom is -0.508 e. The van der Waals surface area contributed by atoms with Crippen LogP contribution in [0.5, 0.6) is 5.75 Å². The number of rotatable bonds is 33. The van der Waals surface area contributed by atoms with Gasteiger partial charge in [0.1, 0.15) is 48.0 Å². The van der Waals surface area contributed by atoms with E-state index in [9.17, 15) is 38.7 Å². The predicted octanol–water partition coefficient (Wildman–Crippen LogP) is 4.03. The van der Waals surface area contributed by atoms with Crippen LogP contribution in [-0.4, -0.2) is 198 Å². The topological polar surface area (TPSA) is 495 Å². The second-order valence-corrected chi connectivity index (χ2v) is 34.7. The van der Waals surface area contributed by atoms with Gasteiger partial charge in [-0.3, -0.25) is 48.1 Å². The molecule has 2 saturated carbocycles. The van der Waals surface area contributed by atoms with Crippen LogP contribution in [0.4, 0.5) is 0 Å². The SMILES string of the molecule is CC[C@H](C)[C@H](NC(=O)[C@H](C)NC(=O)[C@H](Cc1cnc[nH]1)NC(=O)c1ccc(/C=N/NC(=O)C(C[C@H]2O[C@@H]3O[C@@]4(C)CC[C@H]5[C@H](C)CC[C@@H]([C@H]2C)[C@@]35OO4)C[C@H]2O[C@@H]3O[C@@]4(C)CC[C@H]5[C@H](C)CC[C@@H]([C@H]2C)[C@@]35OO4)cc1)C(=O)N[C@@H](Cc1ccc(O)cc1)C(=O)N1CCC[C@H]1C(=O)N[C@@H](CCCN=C(N)N)C(=O)N[C@@H](Cc1cnc[nH]1)C(N)=O. The van der Waals surface area contributed by atoms with Gasteiger partial charge in [-0.05, 0) is 175 Å². The summed E-state index contributed by atoms with van der Waals surface area (Å²) in [4.78, 5) is 174. The molecule has 9 saturated heterocycles. The molecular formula is C83H117N17O18. The van der Waals surface area contributed by atoms with E-state index >= 15 is 9.59 Å². The number of aromatic amines is 2. The molecule has 2 aromatic heterocycles. The Labute approximate surface area is 686 Å². The number of carbonyl (C=O) groups excluding carboxylic acids is 9. The number of phenols is 1. The predicted molar refractivity (Wildman–Crippen MR) is 425 cm³/mol. The largest absolute Gasteiger partial charge is 0.508 e. The molecule has 9 aliphatic heterocycles. The zero-order valence-electron chi connectivity index (χ0n) is 68.6. The number of hydrogen-bond donors (Lipinski definition) is 13. The molecule has 15 rings (SSSR count). The molecule has 2 aromatic carbocycles. The number of benzene rings is 2. The lowest BCUT2D eigenvalue weighted by Crippen LogP contribution is -2.70. The zero-order chi connectivity index (χ0) is 84.1. The lowest BCUT2D eigenvalue weighted by Gasteiger charge is -2.61. The quantitative estimate of drug-likeness (QED) is 0.0105. The summed E-state index contributed by atoms with van der Waals surface area (Å²) < 4.78 is 27.8. The number of amides is 9. The Kier molecular flexibility index (Phi) is 26.8. The third-order valence-corrected chi connectivity index (χ3v) is 26.7. The van der Waals surface area contributed by atoms with Crippen molar-refractivity contribution >= 4 is 65.3 Å². The van der Waals surface area contributed by atoms with Crippen LogP contribution < -0.4 is 54.5 Å². The van der Waals surface area contributed by atoms with E-state index in [0.717, 1.165) is 38.5 Å². The van der Waals surface area contributed by atoms with Crippen molar-refractivity contribution in [1.82, 2.24) is 62.2 Å². The lowest BCUT2D eigenvalue weighted by molar-refractivity contribution is -0.571. The van der Waals surface area contributed by atoms with Crippen molar-refractivity contribution in [2.75, 3.05) is 13.1 Å². The highest BCUT2D eigenvalue weighted by Gasteiger charge is 2.71. The molecule has 16 N–H and O–H groups in total. The van der Waals surface area contributed by atoms with Gasteiger partial charge in [0.25, 0.3) is 5.91 Å². The highest BCUT2D eigenvalue weighted by molar-refractivity contribution is 6.00. The number of nitrogens with one attached hydrogen (secondary N) is 9. The Bertz CT molecular complexity index is 4210. The van der Waals surface area contributed by atoms with Gasteiger partial charge in [-0.2, -0.15) is 5.10 Å². The second kappa shape index (κ2) is 36.6. The molecule has 11 aliphatic rings. The minimum absolute atomic E-state index is 0.00798. The van der Waals surface area contributed by atoms with Gasteiger partial charge in [-0.1, -0.05) is 72.2 Å². The normalized spacial score (nSPS) is 31.7. The number of likely N-dealkylation sites (tertiary alicyclic amines) is 1. The molecule has 24 atom stereocenters. The average Bonchev–Trinajstić information content (AvgIpc) is 1.43. The summed E-state index contributed by atoms with van der Waals surface area (Å²) in [5, 5.41) is 31.3. The van der Waals surface area contributed by atoms with Gasteiger partial charge >= 0.3 is 0 Å². The number of phenolic OH excluding ortho intramolecular Hbond substituents is 1. The molecule has 2 spiro atoms. The number of hydrogen-bond acceptors (Lipinski definition) is 22. The monoisotopic (exact) mass is 1640 g/mol. The number of hydrazone groups is 1. The van der Waals surface area contributed by atoms with Crippen LogP contribution >= 0.6 is 0 Å². The number of H-pyrrole nitrogens is 2. The van der Waals surface area contributed by atoms with Crippen molar-refractivity contribution in [3.05, 3.63) is 102 Å². The summed E-state index contributed by atoms with van der Waals surface area (Å²) in [7, 11) is 0. The number of ether oxygens (including phenoxy) is 4. The number of nitrogens with two attached hydrogens (primary N) is 3. The van der Waals surface area contributed by atoms with E-state index in [4.69, 9.17) is 55.7 Å². The van der Waals surface area contributed by atoms with E-state index in [-0.39, 0.29) is 110 Å². The summed E-state index contributed by atoms with van der Waals surface area (Å²) in [6, 6.07) is 3.54. The fourth-order valence-corrected chi connectivity index (χ4v) is 19.8. The molecule has 0 radical (unpaired) electrons. The van der Waals surface area contributed by atoms with Gasteiger partial charge in [0.2, 0.25) is 58.8 Å². The number of aromatic nitrogens is 4. The second-order valence-electron chi connectivity index (χ2n) is 34.7. The molecule has 118 heavy (non-hydrogen) atoms. The van der Waals surface area contributed by atoms with Crippen molar-refractivity contribution in [3.63, 3.8) is 0 Å². The Hall–Kier alpha value is -9.49. The van der Waals surface area contributed by atoms with Crippen molar-refractivity contribution in [1.29, 1.82) is 0 Å². The first-order valence-corrected chi connectivity index (χ1v) is 41.9. The number of guanidine groups is 1. The average molecular weight is 1640 g/mol. The molecule has 4 aromatic rings. The summed E-state index contributed by atoms with van der Waals surface area (Å²) in [5.74, 6) is -8.63. The number of aliphatic imine (C=N–C) groups is 1. The maximum atomic E-state index is 15.1. The molecule has 2 aliphatic carbocycles. The third-order valence-electron chi connectivity index (χ3n) is 26.7. The van der Waals surface area contributed by atoms with Crippen LogP contribution in [-0.2, 0) is 96.1 Å². The van der Waals surface area contributed by atoms with Gasteiger partial charge in [0, 0.05) is 92.3 Å². The first-order valence-electron chi connectivity index (χ1n) is 41.9. The standard InChI is InChI=1S/C83H117N17O18/c1-10-43(2)67(75(109)97-63(33-49-19-23-55(101)24-20-49)76(110)100-32-12-14-64(100)74(108)94-60(13-11-31-89-79(85)86)72(106)95-61(68(84)102)36-53-39-87-41-90-53)98-69(103)48(7)93-73(107)62(37-54-40-88-42-91-54)96-70(104)51-21-17-50(18-22-51)38-92-99-71(105)52(34-65-46(5)58-25-15-44(3)56-27-29-80(8)113-77(111-65)82(56,58)117-115-80)35-66-47(6)59-26-16-45(4)57-28-30-81(9)114-78(112-66)83(57,59)118-116-81/h17-24,38-48,52,56-67,77-78,101H,10-16,25-37H2,1-9H3,(H2,84,102)(H,87,90)(H,88,91)(H,93,107)(H,94,108)(H,95,106)(H,96,104)(H,97,109)(H,98,103)(H,99,105)(H4,85,86,89)/b92-38+/t43-,44+,45+,46+,47+,48-,56-,57-,58-,59-,60-,61-,62-,63-,64-,65+,66+,67-,77+,78+,80+,81+,82+,83+/m0/s1. The Morgan fingerprint density at radius 2 is 1.19 bits per heavy atom. The molecule has 11 fully saturated rings. The van der Waals surface area contributed by atoms with Crippen LogP contribution in [0.15, 0.2) is 83.7 Å². The van der Waals surface area contributed by atoms with Gasteiger partial charge in [0.05, 0.1) is 31.1 Å². The lowest BCUT2D eigenvalue weighted by atomic mass is 9.56. The fourth-order valence-electron chi connectivity index (χ4n) is 19.8. The minimum atomic E-state index is -1.36. The van der Waals surface area contributed by atoms with Crippen LogP contribution in [0.3, 0.4) is 0 Å². The van der Waals surface area contributed by atoms with Crippen LogP contribution in [0, 0.1) is 59.2 Å². The van der Waals surface area contributed by atoms with E-state index < -0.39 is 149 Å². The molecule has 0 unspecified atom stereocenters. The molecular weight excluding hydrogens is 1520 g/mol. The zero-order valence-corrected chi connectivity index (χ0v) is 68.6. The number of carbonyl (C=O) groups is 9. The Morgan fingerprint density at radius 3 is 1.75 bits per heavy atom. The van der Waals surface area contributed by atoms with E-state index in [1.807, 2.05) is 13.8 Å². The Morgan fingerprint density at radius 1 is 0.627 bits per heavy atom. The number of aromatic hydroxyl groups is 1. The van der Waals surface area contributed by atoms with Gasteiger partial charge in [0.15, 0.2) is 29.7 Å². The van der Waals surface area contributed by atoms with Gasteiger partial charge in [-0.15, -0.1) is 0 Å². The van der Waals surface area contributed by atoms with E-state index in [0.29, 0.717) is 72.9 Å². The number of fused-ring (bicyclic) bond motifs is 4. The number of primary amides is 1. The van der Waals surface area contributed by atoms with E-state index in [1.54, 1.807) is 50.2 Å². The van der Waals surface area contributed by atoms with E-state index in [2.05, 4.69) is 95.1 Å². The smallest absolute Gasteiger partial charge is 0.251 e. The van der Waals surface area contributed by atoms with Crippen LogP contribution in [0.2, 0.25) is 0 Å². The van der Waals surface area contributed by atoms with Crippen LogP contribution in [0.25, 0.3) is 0 Å². The Balaban J connectivity index is 0.660. The maximum absolute atomic E-state index is 15.1. The molecule has 642 valence electrons. The summed E-state index contributed by atoms with van der Waals surface area (Å²) in [5.41, 5.74) is 20.3. The van der Waals surface area contributed by atoms with Crippen molar-refractivity contribution in [2.45, 2.75) is 268 Å². The first kappa shape index (κ1) is 86.4. The maximum Gasteiger partial charge on any atom is 0.251 e. The fraction of sp³-hybridized carbons (Fsp3) is 0.651. The highest BCUT2D eigenvalue weighted by atomic mass is 17.3. The van der Waals surface area contributed by atoms with Gasteiger partial charge in [-0.25, -0.2) is 34.9 Å². The van der Waals surface area contributed by atoms with Crippen LogP contribution in [0.1, 0.15) is 191 Å². The van der Waals surface area contributed by atoms with E-state index in [1.165, 1.54) is 55.2 Å². The third kappa shape index (κ3) is 18.7. The molecule has 35 heteroatoms. The number of imidazole rings is 2. The number of nitrogens with zero attached hydrogens (tertiary/aromatic N) is 5. The highest BCUT2D eigenvalue weighted by Crippen LogP contribution is 2.63.